The molecule has 4 saturated heterocycles. The third-order valence-electron chi connectivity index (χ3n) is 14.2. The zero-order valence-electron chi connectivity index (χ0n) is 35.7. The van der Waals surface area contributed by atoms with Gasteiger partial charge in [-0.15, -0.1) is 11.3 Å². The van der Waals surface area contributed by atoms with Crippen LogP contribution in [0.15, 0.2) is 127 Å². The van der Waals surface area contributed by atoms with Crippen molar-refractivity contribution in [2.45, 2.75) is 50.5 Å². The summed E-state index contributed by atoms with van der Waals surface area (Å²) in [4.78, 5) is 35.3. The SMILES string of the molecule is Nc1ccc(-c2ccccc2)cc1NC(=O)c1ccc(N2CCC3(CC2)CCN(c2csc(-c4ccc(N)c(NC(=O)c5ccc(N6CCC7(CCCN7)CC6)cc5)c4)c2)C3)cc1. The Morgan fingerprint density at radius 3 is 1.67 bits per heavy atom. The fraction of sp³-hybridized carbons (Fsp3) is 0.308. The minimum absolute atomic E-state index is 0.161. The maximum absolute atomic E-state index is 13.4. The molecule has 2 amide bonds. The molecule has 10 rings (SSSR count). The van der Waals surface area contributed by atoms with Gasteiger partial charge in [0.05, 0.1) is 22.7 Å². The molecule has 4 fully saturated rings. The van der Waals surface area contributed by atoms with Crippen LogP contribution in [-0.4, -0.2) is 63.2 Å². The van der Waals surface area contributed by atoms with Gasteiger partial charge in [-0.3, -0.25) is 9.59 Å². The number of thiophene rings is 1. The van der Waals surface area contributed by atoms with Crippen LogP contribution in [0.25, 0.3) is 21.6 Å². The number of piperidine rings is 2. The Balaban J connectivity index is 0.720. The molecule has 4 aliphatic heterocycles. The number of nitrogens with zero attached hydrogens (tertiary/aromatic N) is 3. The summed E-state index contributed by atoms with van der Waals surface area (Å²) in [6.07, 6.45) is 8.32. The van der Waals surface area contributed by atoms with Crippen LogP contribution in [0, 0.1) is 5.41 Å². The standard InChI is InChI=1S/C52H56N8O2S/c53-44-17-11-39(36-5-2-1-3-6-36)31-46(44)56-49(61)37-7-13-41(14-8-37)58-26-20-51(21-27-58)22-28-60(35-51)43-33-48(63-34-43)40-12-18-45(54)47(32-40)57-50(62)38-9-15-42(16-10-38)59-29-23-52(24-30-59)19-4-25-55-52/h1-3,5-18,31-34,55H,4,19-30,35,53-54H2,(H,56,61)(H,57,62). The number of benzene rings is 5. The second-order valence-electron chi connectivity index (χ2n) is 18.1. The average molecular weight is 857 g/mol. The molecule has 1 aromatic heterocycles. The van der Waals surface area contributed by atoms with E-state index in [1.807, 2.05) is 91.0 Å². The lowest BCUT2D eigenvalue weighted by Crippen LogP contribution is -2.50. The van der Waals surface area contributed by atoms with E-state index in [9.17, 15) is 9.59 Å². The summed E-state index contributed by atoms with van der Waals surface area (Å²) in [5.74, 6) is -0.340. The first-order valence-corrected chi connectivity index (χ1v) is 23.3. The normalized spacial score (nSPS) is 17.9. The molecule has 4 aliphatic rings. The number of carbonyl (C=O) groups is 2. The number of carbonyl (C=O) groups excluding carboxylic acids is 2. The van der Waals surface area contributed by atoms with Crippen molar-refractivity contribution >= 4 is 63.0 Å². The largest absolute Gasteiger partial charge is 0.397 e. The molecule has 5 aromatic carbocycles. The van der Waals surface area contributed by atoms with Crippen molar-refractivity contribution in [1.82, 2.24) is 5.32 Å². The first-order valence-electron chi connectivity index (χ1n) is 22.5. The van der Waals surface area contributed by atoms with Crippen LogP contribution in [0.3, 0.4) is 0 Å². The highest BCUT2D eigenvalue weighted by molar-refractivity contribution is 7.14. The van der Waals surface area contributed by atoms with E-state index in [0.29, 0.717) is 39.4 Å². The topological polar surface area (TPSA) is 132 Å². The van der Waals surface area contributed by atoms with Gasteiger partial charge in [0.1, 0.15) is 0 Å². The van der Waals surface area contributed by atoms with E-state index in [1.165, 1.54) is 43.5 Å². The maximum atomic E-state index is 13.4. The van der Waals surface area contributed by atoms with E-state index in [4.69, 9.17) is 11.5 Å². The molecular weight excluding hydrogens is 801 g/mol. The number of nitrogens with one attached hydrogen (secondary N) is 3. The third kappa shape index (κ3) is 8.60. The molecular formula is C52H56N8O2S. The Bertz CT molecular complexity index is 2590. The van der Waals surface area contributed by atoms with Gasteiger partial charge in [0.2, 0.25) is 0 Å². The third-order valence-corrected chi connectivity index (χ3v) is 15.2. The number of rotatable bonds is 9. The Labute approximate surface area is 374 Å². The monoisotopic (exact) mass is 856 g/mol. The van der Waals surface area contributed by atoms with Gasteiger partial charge in [-0.25, -0.2) is 0 Å². The molecule has 10 nitrogen and oxygen atoms in total. The van der Waals surface area contributed by atoms with Crippen molar-refractivity contribution in [2.75, 3.05) is 82.6 Å². The molecule has 0 aliphatic carbocycles. The van der Waals surface area contributed by atoms with Crippen LogP contribution >= 0.6 is 11.3 Å². The van der Waals surface area contributed by atoms with E-state index in [-0.39, 0.29) is 17.2 Å². The Morgan fingerprint density at radius 2 is 1.10 bits per heavy atom. The predicted molar refractivity (Wildman–Crippen MR) is 261 cm³/mol. The van der Waals surface area contributed by atoms with Crippen LogP contribution in [0.4, 0.5) is 39.8 Å². The first-order chi connectivity index (χ1) is 30.7. The summed E-state index contributed by atoms with van der Waals surface area (Å²) in [5, 5.41) is 12.1. The van der Waals surface area contributed by atoms with E-state index in [0.717, 1.165) is 85.9 Å². The van der Waals surface area contributed by atoms with Crippen LogP contribution in [-0.2, 0) is 0 Å². The zero-order valence-corrected chi connectivity index (χ0v) is 36.6. The van der Waals surface area contributed by atoms with Crippen molar-refractivity contribution < 1.29 is 9.59 Å². The van der Waals surface area contributed by atoms with Crippen molar-refractivity contribution in [3.8, 4) is 21.6 Å². The number of nitrogen functional groups attached to an aromatic ring is 2. The van der Waals surface area contributed by atoms with Gasteiger partial charge in [-0.2, -0.15) is 0 Å². The molecule has 0 saturated carbocycles. The molecule has 0 bridgehead atoms. The van der Waals surface area contributed by atoms with E-state index < -0.39 is 0 Å². The molecule has 322 valence electrons. The molecule has 6 aromatic rings. The Kier molecular flexibility index (Phi) is 11.1. The minimum atomic E-state index is -0.179. The predicted octanol–water partition coefficient (Wildman–Crippen LogP) is 9.97. The summed E-state index contributed by atoms with van der Waals surface area (Å²) >= 11 is 1.73. The van der Waals surface area contributed by atoms with Gasteiger partial charge in [0.15, 0.2) is 0 Å². The van der Waals surface area contributed by atoms with E-state index >= 15 is 0 Å². The highest BCUT2D eigenvalue weighted by Gasteiger charge is 2.41. The summed E-state index contributed by atoms with van der Waals surface area (Å²) in [5.41, 5.74) is 23.5. The van der Waals surface area contributed by atoms with Crippen LogP contribution in [0.2, 0.25) is 0 Å². The van der Waals surface area contributed by atoms with Gasteiger partial charge >= 0.3 is 0 Å². The lowest BCUT2D eigenvalue weighted by atomic mass is 9.77. The first kappa shape index (κ1) is 40.8. The number of nitrogens with two attached hydrogens (primary N) is 2. The summed E-state index contributed by atoms with van der Waals surface area (Å²) < 4.78 is 0. The lowest BCUT2D eigenvalue weighted by Gasteiger charge is -2.40. The second kappa shape index (κ2) is 17.1. The van der Waals surface area contributed by atoms with E-state index in [2.05, 4.69) is 66.4 Å². The van der Waals surface area contributed by atoms with Gasteiger partial charge in [0, 0.05) is 83.3 Å². The Hall–Kier alpha value is -6.30. The zero-order chi connectivity index (χ0) is 43.0. The molecule has 7 N–H and O–H groups in total. The molecule has 2 spiro atoms. The van der Waals surface area contributed by atoms with Crippen molar-refractivity contribution in [3.05, 3.63) is 138 Å². The van der Waals surface area contributed by atoms with Crippen LogP contribution in [0.1, 0.15) is 65.7 Å². The fourth-order valence-corrected chi connectivity index (χ4v) is 11.2. The number of hydrogen-bond acceptors (Lipinski definition) is 9. The van der Waals surface area contributed by atoms with Gasteiger partial charge in [-0.1, -0.05) is 42.5 Å². The molecule has 0 unspecified atom stereocenters. The van der Waals surface area contributed by atoms with Gasteiger partial charge in [0.25, 0.3) is 11.8 Å². The van der Waals surface area contributed by atoms with E-state index in [1.54, 1.807) is 11.3 Å². The number of anilines is 7. The summed E-state index contributed by atoms with van der Waals surface area (Å²) in [6.45, 7) is 7.26. The van der Waals surface area contributed by atoms with Crippen molar-refractivity contribution in [1.29, 1.82) is 0 Å². The molecule has 63 heavy (non-hydrogen) atoms. The summed E-state index contributed by atoms with van der Waals surface area (Å²) in [7, 11) is 0. The van der Waals surface area contributed by atoms with Gasteiger partial charge in [-0.05, 0) is 152 Å². The molecule has 11 heteroatoms. The van der Waals surface area contributed by atoms with Gasteiger partial charge < -0.3 is 42.1 Å². The Morgan fingerprint density at radius 1 is 0.556 bits per heavy atom. The summed E-state index contributed by atoms with van der Waals surface area (Å²) in [6, 6.07) is 39.9. The maximum Gasteiger partial charge on any atom is 0.255 e. The minimum Gasteiger partial charge on any atom is -0.397 e. The number of hydrogen-bond donors (Lipinski definition) is 5. The van der Waals surface area contributed by atoms with Crippen molar-refractivity contribution in [3.63, 3.8) is 0 Å². The molecule has 0 radical (unpaired) electrons. The number of amides is 2. The smallest absolute Gasteiger partial charge is 0.255 e. The van der Waals surface area contributed by atoms with Crippen LogP contribution < -0.4 is 42.1 Å². The highest BCUT2D eigenvalue weighted by atomic mass is 32.1. The second-order valence-corrected chi connectivity index (χ2v) is 19.0. The lowest BCUT2D eigenvalue weighted by molar-refractivity contribution is 0.101. The molecule has 5 heterocycles. The fourth-order valence-electron chi connectivity index (χ4n) is 10.3. The quantitative estimate of drug-likeness (QED) is 0.0909. The average Bonchev–Trinajstić information content (AvgIpc) is 4.10. The molecule has 0 atom stereocenters. The highest BCUT2D eigenvalue weighted by Crippen LogP contribution is 2.45. The van der Waals surface area contributed by atoms with Crippen molar-refractivity contribution in [2.24, 2.45) is 5.41 Å². The van der Waals surface area contributed by atoms with Crippen LogP contribution in [0.5, 0.6) is 0 Å².